The fraction of sp³-hybridized carbons (Fsp3) is 0.500. The lowest BCUT2D eigenvalue weighted by Gasteiger charge is -2.26. The number of amides is 2. The van der Waals surface area contributed by atoms with E-state index in [2.05, 4.69) is 5.32 Å². The Balaban J connectivity index is 2.01. The molecule has 2 amide bonds. The highest BCUT2D eigenvalue weighted by atomic mass is 19.2. The molecule has 1 heterocycles. The first-order valence-electron chi connectivity index (χ1n) is 7.75. The van der Waals surface area contributed by atoms with Gasteiger partial charge >= 0.3 is 0 Å². The molecule has 0 unspecified atom stereocenters. The van der Waals surface area contributed by atoms with Crippen LogP contribution < -0.4 is 11.1 Å². The normalized spacial score (nSPS) is 19.6. The van der Waals surface area contributed by atoms with Gasteiger partial charge in [-0.1, -0.05) is 0 Å². The second kappa shape index (κ2) is 7.65. The fourth-order valence-electron chi connectivity index (χ4n) is 2.70. The number of carbonyl (C=O) groups excluding carboxylic acids is 2. The van der Waals surface area contributed by atoms with Crippen LogP contribution in [0.1, 0.15) is 25.3 Å². The topological polar surface area (TPSA) is 75.4 Å². The van der Waals surface area contributed by atoms with Crippen molar-refractivity contribution in [1.82, 2.24) is 10.2 Å². The number of hydrogen-bond acceptors (Lipinski definition) is 3. The molecule has 0 radical (unpaired) electrons. The highest BCUT2D eigenvalue weighted by Gasteiger charge is 2.28. The van der Waals surface area contributed by atoms with Crippen molar-refractivity contribution in [3.63, 3.8) is 0 Å². The first-order valence-corrected chi connectivity index (χ1v) is 7.75. The van der Waals surface area contributed by atoms with Gasteiger partial charge in [-0.3, -0.25) is 9.59 Å². The van der Waals surface area contributed by atoms with Gasteiger partial charge in [0.15, 0.2) is 11.6 Å². The number of hydrogen-bond donors (Lipinski definition) is 2. The minimum atomic E-state index is -1.27. The van der Waals surface area contributed by atoms with Crippen LogP contribution in [0.25, 0.3) is 0 Å². The van der Waals surface area contributed by atoms with Crippen molar-refractivity contribution in [2.75, 3.05) is 13.1 Å². The maximum Gasteiger partial charge on any atom is 0.242 e. The Morgan fingerprint density at radius 3 is 2.71 bits per heavy atom. The zero-order valence-electron chi connectivity index (χ0n) is 13.3. The Morgan fingerprint density at radius 2 is 2.00 bits per heavy atom. The largest absolute Gasteiger partial charge is 0.354 e. The molecule has 5 nitrogen and oxygen atoms in total. The van der Waals surface area contributed by atoms with Gasteiger partial charge < -0.3 is 16.0 Å². The number of nitrogens with one attached hydrogen (secondary N) is 1. The van der Waals surface area contributed by atoms with Crippen molar-refractivity contribution >= 4 is 11.8 Å². The quantitative estimate of drug-likeness (QED) is 0.804. The molecular formula is C16H20F3N3O2. The lowest BCUT2D eigenvalue weighted by Crippen LogP contribution is -2.46. The molecule has 1 fully saturated rings. The molecule has 1 aromatic rings. The summed E-state index contributed by atoms with van der Waals surface area (Å²) in [5.41, 5.74) is 5.77. The van der Waals surface area contributed by atoms with Crippen molar-refractivity contribution in [2.45, 2.75) is 38.3 Å². The first kappa shape index (κ1) is 18.3. The summed E-state index contributed by atoms with van der Waals surface area (Å²) in [7, 11) is 0. The monoisotopic (exact) mass is 343 g/mol. The Hall–Kier alpha value is -2.09. The third-order valence-corrected chi connectivity index (χ3v) is 4.05. The molecule has 0 saturated carbocycles. The molecule has 0 aromatic heterocycles. The lowest BCUT2D eigenvalue weighted by atomic mass is 10.0. The molecule has 0 spiro atoms. The Morgan fingerprint density at radius 1 is 1.33 bits per heavy atom. The molecule has 24 heavy (non-hydrogen) atoms. The Bertz CT molecular complexity index is 639. The summed E-state index contributed by atoms with van der Waals surface area (Å²) >= 11 is 0. The predicted octanol–water partition coefficient (Wildman–Crippen LogP) is 1.10. The molecule has 2 atom stereocenters. The molecule has 1 aliphatic rings. The van der Waals surface area contributed by atoms with Crippen molar-refractivity contribution in [3.05, 3.63) is 35.1 Å². The second-order valence-electron chi connectivity index (χ2n) is 5.93. The standard InChI is InChI=1S/C16H20F3N3O2/c1-9-16(24)21-3-2-4-22(9)15(23)7-11(20)5-10-6-13(18)14(19)8-12(10)17/h6,8-9,11H,2-5,7,20H2,1H3,(H,21,24)/t9-,11-/m0/s1. The molecule has 1 saturated heterocycles. The van der Waals surface area contributed by atoms with Crippen LogP contribution in [-0.4, -0.2) is 41.9 Å². The minimum absolute atomic E-state index is 0.0872. The number of benzene rings is 1. The number of rotatable bonds is 4. The van der Waals surface area contributed by atoms with E-state index in [1.165, 1.54) is 4.90 Å². The third kappa shape index (κ3) is 4.25. The van der Waals surface area contributed by atoms with Crippen LogP contribution in [0, 0.1) is 17.5 Å². The SMILES string of the molecule is C[C@H]1C(=O)NCCCN1C(=O)C[C@@H](N)Cc1cc(F)c(F)cc1F. The van der Waals surface area contributed by atoms with E-state index in [1.54, 1.807) is 6.92 Å². The van der Waals surface area contributed by atoms with Crippen molar-refractivity contribution in [3.8, 4) is 0 Å². The number of nitrogens with zero attached hydrogens (tertiary/aromatic N) is 1. The summed E-state index contributed by atoms with van der Waals surface area (Å²) in [6.45, 7) is 2.54. The molecule has 3 N–H and O–H groups in total. The smallest absolute Gasteiger partial charge is 0.242 e. The lowest BCUT2D eigenvalue weighted by molar-refractivity contribution is -0.139. The van der Waals surface area contributed by atoms with E-state index in [1.807, 2.05) is 0 Å². The van der Waals surface area contributed by atoms with Crippen LogP contribution in [0.5, 0.6) is 0 Å². The predicted molar refractivity (Wildman–Crippen MR) is 81.4 cm³/mol. The van der Waals surface area contributed by atoms with Crippen LogP contribution in [0.15, 0.2) is 12.1 Å². The fourth-order valence-corrected chi connectivity index (χ4v) is 2.70. The summed E-state index contributed by atoms with van der Waals surface area (Å²) < 4.78 is 39.8. The minimum Gasteiger partial charge on any atom is -0.354 e. The van der Waals surface area contributed by atoms with E-state index in [9.17, 15) is 22.8 Å². The average Bonchev–Trinajstić information content (AvgIpc) is 2.67. The van der Waals surface area contributed by atoms with Gasteiger partial charge in [-0.15, -0.1) is 0 Å². The maximum absolute atomic E-state index is 13.6. The second-order valence-corrected chi connectivity index (χ2v) is 5.93. The Labute approximate surface area is 138 Å². The number of halogens is 3. The van der Waals surface area contributed by atoms with E-state index in [0.717, 1.165) is 6.07 Å². The molecule has 0 aliphatic carbocycles. The van der Waals surface area contributed by atoms with Gasteiger partial charge in [0.25, 0.3) is 0 Å². The molecule has 1 aromatic carbocycles. The highest BCUT2D eigenvalue weighted by Crippen LogP contribution is 2.16. The number of carbonyl (C=O) groups is 2. The molecular weight excluding hydrogens is 323 g/mol. The van der Waals surface area contributed by atoms with Crippen LogP contribution in [0.2, 0.25) is 0 Å². The third-order valence-electron chi connectivity index (χ3n) is 4.05. The van der Waals surface area contributed by atoms with Crippen molar-refractivity contribution in [2.24, 2.45) is 5.73 Å². The van der Waals surface area contributed by atoms with Crippen molar-refractivity contribution < 1.29 is 22.8 Å². The zero-order valence-corrected chi connectivity index (χ0v) is 13.3. The van der Waals surface area contributed by atoms with Crippen LogP contribution in [-0.2, 0) is 16.0 Å². The van der Waals surface area contributed by atoms with E-state index in [4.69, 9.17) is 5.73 Å². The van der Waals surface area contributed by atoms with Crippen LogP contribution in [0.4, 0.5) is 13.2 Å². The first-order chi connectivity index (χ1) is 11.3. The Kier molecular flexibility index (Phi) is 5.82. The van der Waals surface area contributed by atoms with Gasteiger partial charge in [-0.25, -0.2) is 13.2 Å². The molecule has 8 heteroatoms. The zero-order chi connectivity index (χ0) is 17.9. The highest BCUT2D eigenvalue weighted by molar-refractivity contribution is 5.87. The summed E-state index contributed by atoms with van der Waals surface area (Å²) in [6, 6.07) is -0.167. The van der Waals surface area contributed by atoms with Crippen molar-refractivity contribution in [1.29, 1.82) is 0 Å². The summed E-state index contributed by atoms with van der Waals surface area (Å²) in [5, 5.41) is 2.70. The van der Waals surface area contributed by atoms with Gasteiger partial charge in [-0.05, 0) is 31.4 Å². The van der Waals surface area contributed by atoms with Gasteiger partial charge in [0.05, 0.1) is 0 Å². The van der Waals surface area contributed by atoms with Gasteiger partial charge in [-0.2, -0.15) is 0 Å². The van der Waals surface area contributed by atoms with E-state index < -0.39 is 29.5 Å². The van der Waals surface area contributed by atoms with E-state index >= 15 is 0 Å². The van der Waals surface area contributed by atoms with Gasteiger partial charge in [0.2, 0.25) is 11.8 Å². The van der Waals surface area contributed by atoms with Gasteiger partial charge in [0, 0.05) is 31.6 Å². The van der Waals surface area contributed by atoms with Crippen LogP contribution >= 0.6 is 0 Å². The maximum atomic E-state index is 13.6. The average molecular weight is 343 g/mol. The molecule has 1 aliphatic heterocycles. The summed E-state index contributed by atoms with van der Waals surface area (Å²) in [5.74, 6) is -3.90. The molecule has 132 valence electrons. The number of nitrogens with two attached hydrogens (primary N) is 1. The van der Waals surface area contributed by atoms with Crippen LogP contribution in [0.3, 0.4) is 0 Å². The van der Waals surface area contributed by atoms with Gasteiger partial charge in [0.1, 0.15) is 11.9 Å². The summed E-state index contributed by atoms with van der Waals surface area (Å²) in [6.07, 6.45) is 0.411. The molecule has 2 rings (SSSR count). The molecule has 0 bridgehead atoms. The summed E-state index contributed by atoms with van der Waals surface area (Å²) in [4.78, 5) is 25.5. The van der Waals surface area contributed by atoms with E-state index in [0.29, 0.717) is 25.6 Å². The van der Waals surface area contributed by atoms with E-state index in [-0.39, 0.29) is 30.2 Å².